The van der Waals surface area contributed by atoms with Crippen molar-refractivity contribution in [2.45, 2.75) is 20.0 Å². The number of nitro groups is 1. The number of nitro benzene ring substituents is 1. The van der Waals surface area contributed by atoms with E-state index in [-0.39, 0.29) is 36.4 Å². The van der Waals surface area contributed by atoms with Crippen LogP contribution in [0.3, 0.4) is 0 Å². The summed E-state index contributed by atoms with van der Waals surface area (Å²) in [6.07, 6.45) is 0.916. The summed E-state index contributed by atoms with van der Waals surface area (Å²) in [6, 6.07) is 10.0. The predicted octanol–water partition coefficient (Wildman–Crippen LogP) is 3.29. The lowest BCUT2D eigenvalue weighted by Gasteiger charge is -2.04. The van der Waals surface area contributed by atoms with E-state index in [1.54, 1.807) is 0 Å². The SMILES string of the molecule is CCc1ccc(-c2noc(COC(=O)c3cc4c(cc3[N+](=O)[O-])OCO4)n2)cc1. The van der Waals surface area contributed by atoms with Gasteiger partial charge in [0.25, 0.3) is 11.6 Å². The lowest BCUT2D eigenvalue weighted by molar-refractivity contribution is -0.385. The topological polar surface area (TPSA) is 127 Å². The number of aryl methyl sites for hydroxylation is 1. The highest BCUT2D eigenvalue weighted by atomic mass is 16.7. The van der Waals surface area contributed by atoms with Crippen molar-refractivity contribution >= 4 is 11.7 Å². The van der Waals surface area contributed by atoms with Crippen molar-refractivity contribution < 1.29 is 28.5 Å². The quantitative estimate of drug-likeness (QED) is 0.350. The Morgan fingerprint density at radius 2 is 1.93 bits per heavy atom. The molecule has 0 aliphatic carbocycles. The van der Waals surface area contributed by atoms with Crippen molar-refractivity contribution in [3.05, 3.63) is 63.5 Å². The summed E-state index contributed by atoms with van der Waals surface area (Å²) in [4.78, 5) is 27.1. The van der Waals surface area contributed by atoms with Crippen molar-refractivity contribution in [1.29, 1.82) is 0 Å². The number of esters is 1. The van der Waals surface area contributed by atoms with Crippen molar-refractivity contribution in [1.82, 2.24) is 10.1 Å². The smallest absolute Gasteiger partial charge is 0.345 e. The molecule has 0 radical (unpaired) electrons. The van der Waals surface area contributed by atoms with E-state index < -0.39 is 16.6 Å². The predicted molar refractivity (Wildman–Crippen MR) is 97.5 cm³/mol. The van der Waals surface area contributed by atoms with Crippen LogP contribution in [0, 0.1) is 10.1 Å². The average molecular weight is 397 g/mol. The van der Waals surface area contributed by atoms with E-state index in [0.717, 1.165) is 18.1 Å². The zero-order valence-electron chi connectivity index (χ0n) is 15.3. The lowest BCUT2D eigenvalue weighted by atomic mass is 10.1. The Morgan fingerprint density at radius 3 is 2.62 bits per heavy atom. The molecule has 0 amide bonds. The molecule has 29 heavy (non-hydrogen) atoms. The van der Waals surface area contributed by atoms with Gasteiger partial charge < -0.3 is 18.7 Å². The normalized spacial score (nSPS) is 12.0. The third-order valence-corrected chi connectivity index (χ3v) is 4.32. The molecule has 1 aromatic heterocycles. The first-order valence-corrected chi connectivity index (χ1v) is 8.72. The molecule has 1 aliphatic heterocycles. The molecule has 0 saturated heterocycles. The van der Waals surface area contributed by atoms with Crippen molar-refractivity contribution in [3.8, 4) is 22.9 Å². The molecule has 10 heteroatoms. The summed E-state index contributed by atoms with van der Waals surface area (Å²) >= 11 is 0. The van der Waals surface area contributed by atoms with Crippen LogP contribution in [0.1, 0.15) is 28.7 Å². The fraction of sp³-hybridized carbons (Fsp3) is 0.211. The Morgan fingerprint density at radius 1 is 1.21 bits per heavy atom. The highest BCUT2D eigenvalue weighted by Crippen LogP contribution is 2.38. The van der Waals surface area contributed by atoms with E-state index in [0.29, 0.717) is 5.82 Å². The van der Waals surface area contributed by atoms with Gasteiger partial charge in [-0.05, 0) is 12.0 Å². The Kier molecular flexibility index (Phi) is 4.82. The minimum atomic E-state index is -0.915. The van der Waals surface area contributed by atoms with E-state index in [9.17, 15) is 14.9 Å². The second kappa shape index (κ2) is 7.58. The third-order valence-electron chi connectivity index (χ3n) is 4.32. The van der Waals surface area contributed by atoms with Gasteiger partial charge in [0.05, 0.1) is 11.0 Å². The molecule has 148 valence electrons. The fourth-order valence-electron chi connectivity index (χ4n) is 2.77. The van der Waals surface area contributed by atoms with Crippen LogP contribution in [0.5, 0.6) is 11.5 Å². The molecule has 2 heterocycles. The van der Waals surface area contributed by atoms with Gasteiger partial charge in [-0.25, -0.2) is 4.79 Å². The summed E-state index contributed by atoms with van der Waals surface area (Å²) in [5.41, 5.74) is 1.24. The molecular weight excluding hydrogens is 382 g/mol. The van der Waals surface area contributed by atoms with Gasteiger partial charge >= 0.3 is 5.97 Å². The van der Waals surface area contributed by atoms with Gasteiger partial charge in [-0.15, -0.1) is 0 Å². The summed E-state index contributed by atoms with van der Waals surface area (Å²) in [5.74, 6) is -0.0619. The number of benzene rings is 2. The number of hydrogen-bond donors (Lipinski definition) is 0. The molecule has 0 saturated carbocycles. The number of aromatic nitrogens is 2. The van der Waals surface area contributed by atoms with Gasteiger partial charge in [-0.3, -0.25) is 10.1 Å². The van der Waals surface area contributed by atoms with Crippen LogP contribution in [0.25, 0.3) is 11.4 Å². The maximum absolute atomic E-state index is 12.4. The third kappa shape index (κ3) is 3.72. The molecule has 2 aromatic carbocycles. The van der Waals surface area contributed by atoms with Crippen LogP contribution >= 0.6 is 0 Å². The van der Waals surface area contributed by atoms with Crippen LogP contribution < -0.4 is 9.47 Å². The second-order valence-corrected chi connectivity index (χ2v) is 6.12. The highest BCUT2D eigenvalue weighted by Gasteiger charge is 2.28. The summed E-state index contributed by atoms with van der Waals surface area (Å²) < 4.78 is 20.5. The minimum Gasteiger partial charge on any atom is -0.454 e. The first-order valence-electron chi connectivity index (χ1n) is 8.72. The maximum Gasteiger partial charge on any atom is 0.345 e. The number of hydrogen-bond acceptors (Lipinski definition) is 9. The lowest BCUT2D eigenvalue weighted by Crippen LogP contribution is -2.08. The first-order chi connectivity index (χ1) is 14.0. The molecule has 0 fully saturated rings. The largest absolute Gasteiger partial charge is 0.454 e. The van der Waals surface area contributed by atoms with E-state index in [2.05, 4.69) is 17.1 Å². The van der Waals surface area contributed by atoms with Gasteiger partial charge in [-0.1, -0.05) is 36.3 Å². The zero-order chi connectivity index (χ0) is 20.4. The Hall–Kier alpha value is -3.95. The van der Waals surface area contributed by atoms with Gasteiger partial charge in [0.2, 0.25) is 12.6 Å². The Balaban J connectivity index is 1.48. The number of ether oxygens (including phenoxy) is 3. The molecule has 0 spiro atoms. The van der Waals surface area contributed by atoms with E-state index in [4.69, 9.17) is 18.7 Å². The van der Waals surface area contributed by atoms with Crippen LogP contribution in [0.15, 0.2) is 40.9 Å². The molecule has 0 atom stereocenters. The zero-order valence-corrected chi connectivity index (χ0v) is 15.3. The van der Waals surface area contributed by atoms with E-state index in [1.807, 2.05) is 24.3 Å². The van der Waals surface area contributed by atoms with Crippen molar-refractivity contribution in [3.63, 3.8) is 0 Å². The van der Waals surface area contributed by atoms with E-state index >= 15 is 0 Å². The first kappa shape index (κ1) is 18.4. The number of nitrogens with zero attached hydrogens (tertiary/aromatic N) is 3. The number of carbonyl (C=O) groups is 1. The molecule has 1 aliphatic rings. The molecule has 10 nitrogen and oxygen atoms in total. The second-order valence-electron chi connectivity index (χ2n) is 6.12. The summed E-state index contributed by atoms with van der Waals surface area (Å²) in [5, 5.41) is 15.1. The van der Waals surface area contributed by atoms with Gasteiger partial charge in [0.15, 0.2) is 18.1 Å². The molecule has 0 bridgehead atoms. The van der Waals surface area contributed by atoms with Crippen LogP contribution in [0.4, 0.5) is 5.69 Å². The number of fused-ring (bicyclic) bond motifs is 1. The highest BCUT2D eigenvalue weighted by molar-refractivity contribution is 5.95. The Labute approximate surface area is 164 Å². The monoisotopic (exact) mass is 397 g/mol. The number of rotatable bonds is 6. The van der Waals surface area contributed by atoms with Crippen LogP contribution in [-0.4, -0.2) is 27.8 Å². The fourth-order valence-corrected chi connectivity index (χ4v) is 2.77. The van der Waals surface area contributed by atoms with Gasteiger partial charge in [0.1, 0.15) is 5.56 Å². The van der Waals surface area contributed by atoms with E-state index in [1.165, 1.54) is 11.6 Å². The van der Waals surface area contributed by atoms with Crippen LogP contribution in [0.2, 0.25) is 0 Å². The molecular formula is C19H15N3O7. The summed E-state index contributed by atoms with van der Waals surface area (Å²) in [7, 11) is 0. The standard InChI is InChI=1S/C19H15N3O7/c1-2-11-3-5-12(6-4-11)18-20-17(29-21-18)9-26-19(23)13-7-15-16(28-10-27-15)8-14(13)22(24)25/h3-8H,2,9-10H2,1H3. The minimum absolute atomic E-state index is 0.0660. The Bertz CT molecular complexity index is 1080. The van der Waals surface area contributed by atoms with Crippen molar-refractivity contribution in [2.75, 3.05) is 6.79 Å². The molecule has 4 rings (SSSR count). The summed E-state index contributed by atoms with van der Waals surface area (Å²) in [6.45, 7) is 1.65. The van der Waals surface area contributed by atoms with Gasteiger partial charge in [0, 0.05) is 11.6 Å². The van der Waals surface area contributed by atoms with Crippen molar-refractivity contribution in [2.24, 2.45) is 0 Å². The molecule has 0 N–H and O–H groups in total. The maximum atomic E-state index is 12.4. The molecule has 0 unspecified atom stereocenters. The average Bonchev–Trinajstić information content (AvgIpc) is 3.40. The van der Waals surface area contributed by atoms with Gasteiger partial charge in [-0.2, -0.15) is 4.98 Å². The number of carbonyl (C=O) groups excluding carboxylic acids is 1. The molecule has 3 aromatic rings. The van der Waals surface area contributed by atoms with Crippen LogP contribution in [-0.2, 0) is 17.8 Å².